The standard InChI is InChI=1S/C68H128O6/c1-4-7-10-13-15-17-19-21-23-25-27-29-31-33-35-36-38-40-42-44-46-48-50-52-55-58-61-67(70)73-64-65(63-72-66(69)60-57-54-12-9-6-3)74-68(71)62-59-56-53-51-49-47-45-43-41-39-37-34-32-30-28-26-24-22-20-18-16-14-11-8-5-2/h20,22,26,28,65H,4-19,21,23-25,27,29-64H2,1-3H3/b22-20-,28-26-. The van der Waals surface area contributed by atoms with Crippen molar-refractivity contribution in [2.75, 3.05) is 13.2 Å². The van der Waals surface area contributed by atoms with Gasteiger partial charge in [-0.15, -0.1) is 0 Å². The number of esters is 3. The fourth-order valence-corrected chi connectivity index (χ4v) is 10.2. The second kappa shape index (κ2) is 63.4. The lowest BCUT2D eigenvalue weighted by Crippen LogP contribution is -2.30. The van der Waals surface area contributed by atoms with Gasteiger partial charge in [-0.05, 0) is 51.4 Å². The number of unbranched alkanes of at least 4 members (excludes halogenated alkanes) is 47. The minimum atomic E-state index is -0.765. The zero-order valence-corrected chi connectivity index (χ0v) is 50.1. The zero-order chi connectivity index (χ0) is 53.6. The summed E-state index contributed by atoms with van der Waals surface area (Å²) in [6.45, 7) is 6.61. The first-order valence-corrected chi connectivity index (χ1v) is 33.3. The van der Waals surface area contributed by atoms with Gasteiger partial charge in [0.2, 0.25) is 0 Å². The molecule has 0 saturated heterocycles. The van der Waals surface area contributed by atoms with E-state index in [1.54, 1.807) is 0 Å². The highest BCUT2D eigenvalue weighted by molar-refractivity contribution is 5.71. The molecule has 0 saturated carbocycles. The number of ether oxygens (including phenoxy) is 3. The van der Waals surface area contributed by atoms with Gasteiger partial charge in [0.15, 0.2) is 6.10 Å². The van der Waals surface area contributed by atoms with Crippen LogP contribution in [0.5, 0.6) is 0 Å². The molecule has 0 aromatic heterocycles. The van der Waals surface area contributed by atoms with E-state index < -0.39 is 6.10 Å². The number of allylic oxidation sites excluding steroid dienone is 4. The molecule has 0 aromatic rings. The molecule has 436 valence electrons. The number of hydrogen-bond acceptors (Lipinski definition) is 6. The average molecular weight is 1040 g/mol. The summed E-state index contributed by atoms with van der Waals surface area (Å²) in [5.74, 6) is -0.857. The van der Waals surface area contributed by atoms with Crippen LogP contribution in [-0.4, -0.2) is 37.2 Å². The van der Waals surface area contributed by atoms with E-state index in [0.29, 0.717) is 19.3 Å². The molecule has 6 heteroatoms. The third kappa shape index (κ3) is 60.8. The molecule has 0 spiro atoms. The van der Waals surface area contributed by atoms with Crippen molar-refractivity contribution in [2.24, 2.45) is 0 Å². The van der Waals surface area contributed by atoms with Gasteiger partial charge in [-0.25, -0.2) is 0 Å². The van der Waals surface area contributed by atoms with Crippen molar-refractivity contribution >= 4 is 17.9 Å². The van der Waals surface area contributed by atoms with Crippen LogP contribution >= 0.6 is 0 Å². The Morgan fingerprint density at radius 3 is 0.743 bits per heavy atom. The van der Waals surface area contributed by atoms with E-state index in [2.05, 4.69) is 45.1 Å². The maximum atomic E-state index is 12.8. The third-order valence-corrected chi connectivity index (χ3v) is 15.2. The van der Waals surface area contributed by atoms with Crippen molar-refractivity contribution in [1.29, 1.82) is 0 Å². The molecule has 0 radical (unpaired) electrons. The minimum Gasteiger partial charge on any atom is -0.462 e. The SMILES string of the molecule is CCCCCCC/C=C\C/C=C\CCCCCCCCCCCCCCCC(=O)OC(COC(=O)CCCCCCC)COC(=O)CCCCCCCCCCCCCCCCCCCCCCCCCCCC. The number of carbonyl (C=O) groups excluding carboxylic acids is 3. The second-order valence-electron chi connectivity index (χ2n) is 22.7. The summed E-state index contributed by atoms with van der Waals surface area (Å²) in [7, 11) is 0. The van der Waals surface area contributed by atoms with Crippen molar-refractivity contribution in [2.45, 2.75) is 380 Å². The Kier molecular flexibility index (Phi) is 61.6. The molecule has 1 unspecified atom stereocenters. The molecule has 0 aliphatic rings. The van der Waals surface area contributed by atoms with Crippen molar-refractivity contribution in [3.63, 3.8) is 0 Å². The highest BCUT2D eigenvalue weighted by Crippen LogP contribution is 2.18. The highest BCUT2D eigenvalue weighted by atomic mass is 16.6. The summed E-state index contributed by atoms with van der Waals surface area (Å²) in [6, 6.07) is 0. The van der Waals surface area contributed by atoms with Crippen LogP contribution in [0.3, 0.4) is 0 Å². The monoisotopic (exact) mass is 1040 g/mol. The maximum Gasteiger partial charge on any atom is 0.306 e. The number of rotatable bonds is 62. The van der Waals surface area contributed by atoms with Crippen LogP contribution < -0.4 is 0 Å². The molecular weight excluding hydrogens is 913 g/mol. The van der Waals surface area contributed by atoms with Crippen molar-refractivity contribution in [3.8, 4) is 0 Å². The van der Waals surface area contributed by atoms with Crippen LogP contribution in [-0.2, 0) is 28.6 Å². The second-order valence-corrected chi connectivity index (χ2v) is 22.7. The van der Waals surface area contributed by atoms with Crippen molar-refractivity contribution in [1.82, 2.24) is 0 Å². The van der Waals surface area contributed by atoms with Gasteiger partial charge in [0.05, 0.1) is 0 Å². The Labute approximate surface area is 462 Å². The van der Waals surface area contributed by atoms with E-state index in [-0.39, 0.29) is 31.1 Å². The molecule has 1 atom stereocenters. The fraction of sp³-hybridized carbons (Fsp3) is 0.897. The minimum absolute atomic E-state index is 0.0664. The van der Waals surface area contributed by atoms with Crippen LogP contribution in [0.25, 0.3) is 0 Å². The summed E-state index contributed by atoms with van der Waals surface area (Å²) in [6.07, 6.45) is 76.8. The summed E-state index contributed by atoms with van der Waals surface area (Å²) < 4.78 is 16.8. The molecule has 0 bridgehead atoms. The smallest absolute Gasteiger partial charge is 0.306 e. The predicted molar refractivity (Wildman–Crippen MR) is 321 cm³/mol. The van der Waals surface area contributed by atoms with Crippen LogP contribution in [0, 0.1) is 0 Å². The molecular formula is C68H128O6. The highest BCUT2D eigenvalue weighted by Gasteiger charge is 2.19. The molecule has 0 amide bonds. The Morgan fingerprint density at radius 1 is 0.270 bits per heavy atom. The van der Waals surface area contributed by atoms with E-state index in [9.17, 15) is 14.4 Å². The first-order valence-electron chi connectivity index (χ1n) is 33.3. The Morgan fingerprint density at radius 2 is 0.486 bits per heavy atom. The van der Waals surface area contributed by atoms with E-state index in [1.807, 2.05) is 0 Å². The molecule has 0 heterocycles. The van der Waals surface area contributed by atoms with Gasteiger partial charge < -0.3 is 14.2 Å². The lowest BCUT2D eigenvalue weighted by Gasteiger charge is -2.18. The molecule has 0 N–H and O–H groups in total. The molecule has 0 aromatic carbocycles. The number of hydrogen-bond donors (Lipinski definition) is 0. The topological polar surface area (TPSA) is 78.9 Å². The van der Waals surface area contributed by atoms with E-state index >= 15 is 0 Å². The van der Waals surface area contributed by atoms with Gasteiger partial charge in [-0.1, -0.05) is 328 Å². The summed E-state index contributed by atoms with van der Waals surface area (Å²) >= 11 is 0. The van der Waals surface area contributed by atoms with Gasteiger partial charge >= 0.3 is 17.9 Å². The Bertz CT molecular complexity index is 1190. The first-order chi connectivity index (χ1) is 36.5. The summed E-state index contributed by atoms with van der Waals surface area (Å²) in [5.41, 5.74) is 0. The van der Waals surface area contributed by atoms with E-state index in [4.69, 9.17) is 14.2 Å². The van der Waals surface area contributed by atoms with Crippen LogP contribution in [0.15, 0.2) is 24.3 Å². The van der Waals surface area contributed by atoms with Crippen LogP contribution in [0.1, 0.15) is 374 Å². The third-order valence-electron chi connectivity index (χ3n) is 15.2. The van der Waals surface area contributed by atoms with Crippen molar-refractivity contribution < 1.29 is 28.6 Å². The average Bonchev–Trinajstić information content (AvgIpc) is 3.40. The summed E-state index contributed by atoms with van der Waals surface area (Å²) in [4.78, 5) is 38.0. The number of carbonyl (C=O) groups is 3. The van der Waals surface area contributed by atoms with E-state index in [0.717, 1.165) is 70.6 Å². The molecule has 0 aliphatic heterocycles. The van der Waals surface area contributed by atoms with Crippen molar-refractivity contribution in [3.05, 3.63) is 24.3 Å². The van der Waals surface area contributed by atoms with Gasteiger partial charge in [-0.3, -0.25) is 14.4 Å². The van der Waals surface area contributed by atoms with Gasteiger partial charge in [-0.2, -0.15) is 0 Å². The van der Waals surface area contributed by atoms with Crippen LogP contribution in [0.4, 0.5) is 0 Å². The Balaban J connectivity index is 3.96. The van der Waals surface area contributed by atoms with Gasteiger partial charge in [0.1, 0.15) is 13.2 Å². The quantitative estimate of drug-likeness (QED) is 0.0261. The zero-order valence-electron chi connectivity index (χ0n) is 50.1. The van der Waals surface area contributed by atoms with Gasteiger partial charge in [0, 0.05) is 19.3 Å². The Hall–Kier alpha value is -2.11. The maximum absolute atomic E-state index is 12.8. The predicted octanol–water partition coefficient (Wildman–Crippen LogP) is 22.6. The first kappa shape index (κ1) is 71.9. The summed E-state index contributed by atoms with van der Waals surface area (Å²) in [5, 5.41) is 0. The normalized spacial score (nSPS) is 12.1. The molecule has 0 rings (SSSR count). The fourth-order valence-electron chi connectivity index (χ4n) is 10.2. The molecule has 74 heavy (non-hydrogen) atoms. The lowest BCUT2D eigenvalue weighted by molar-refractivity contribution is -0.167. The lowest BCUT2D eigenvalue weighted by atomic mass is 10.0. The van der Waals surface area contributed by atoms with Crippen LogP contribution in [0.2, 0.25) is 0 Å². The molecule has 0 fully saturated rings. The van der Waals surface area contributed by atoms with Gasteiger partial charge in [0.25, 0.3) is 0 Å². The van der Waals surface area contributed by atoms with E-state index in [1.165, 1.54) is 263 Å². The molecule has 6 nitrogen and oxygen atoms in total. The largest absolute Gasteiger partial charge is 0.462 e. The molecule has 0 aliphatic carbocycles.